The summed E-state index contributed by atoms with van der Waals surface area (Å²) in [5.74, 6) is -0.894. The molecule has 6 rings (SSSR count). The third kappa shape index (κ3) is 15.0. The molecule has 0 aromatic heterocycles. The first-order valence-corrected chi connectivity index (χ1v) is 20.8. The Hall–Kier alpha value is -6.92. The van der Waals surface area contributed by atoms with E-state index in [0.717, 1.165) is 27.8 Å². The highest BCUT2D eigenvalue weighted by molar-refractivity contribution is 5.86. The molecule has 62 heavy (non-hydrogen) atoms. The quantitative estimate of drug-likeness (QED) is 0.0584. The van der Waals surface area contributed by atoms with Gasteiger partial charge in [0.1, 0.15) is 44.0 Å². The molecule has 5 aromatic carbocycles. The summed E-state index contributed by atoms with van der Waals surface area (Å²) in [7, 11) is 0. The van der Waals surface area contributed by atoms with Gasteiger partial charge in [-0.25, -0.2) is 9.59 Å². The van der Waals surface area contributed by atoms with Gasteiger partial charge in [-0.2, -0.15) is 0 Å². The van der Waals surface area contributed by atoms with Crippen molar-refractivity contribution in [2.75, 3.05) is 13.2 Å². The van der Waals surface area contributed by atoms with E-state index in [0.29, 0.717) is 37.6 Å². The van der Waals surface area contributed by atoms with Crippen LogP contribution in [0.15, 0.2) is 152 Å². The van der Waals surface area contributed by atoms with Crippen molar-refractivity contribution in [1.29, 1.82) is 0 Å². The molecule has 0 fully saturated rings. The minimum absolute atomic E-state index is 0.0196. The first kappa shape index (κ1) is 44.6. The highest BCUT2D eigenvalue weighted by atomic mass is 16.6. The zero-order chi connectivity index (χ0) is 43.4. The molecule has 322 valence electrons. The Balaban J connectivity index is 1.09. The van der Waals surface area contributed by atoms with Gasteiger partial charge < -0.3 is 40.0 Å². The lowest BCUT2D eigenvalue weighted by molar-refractivity contribution is -0.147. The summed E-state index contributed by atoms with van der Waals surface area (Å²) in [5, 5.41) is 18.8. The monoisotopic (exact) mass is 839 g/mol. The number of benzene rings is 5. The number of amides is 3. The van der Waals surface area contributed by atoms with E-state index >= 15 is 0 Å². The maximum atomic E-state index is 13.9. The highest BCUT2D eigenvalue weighted by Crippen LogP contribution is 2.19. The van der Waals surface area contributed by atoms with E-state index in [4.69, 9.17) is 18.9 Å². The normalized spacial score (nSPS) is 17.2. The van der Waals surface area contributed by atoms with E-state index in [1.165, 1.54) is 0 Å². The van der Waals surface area contributed by atoms with Crippen molar-refractivity contribution in [3.05, 3.63) is 179 Å². The number of carbonyl (C=O) groups is 4. The number of cyclic esters (lactones) is 1. The maximum Gasteiger partial charge on any atom is 0.408 e. The smallest absolute Gasteiger partial charge is 0.408 e. The number of carbonyl (C=O) groups excluding carboxylic acids is 4. The molecule has 0 saturated carbocycles. The van der Waals surface area contributed by atoms with Gasteiger partial charge in [0.15, 0.2) is 0 Å². The maximum absolute atomic E-state index is 13.9. The highest BCUT2D eigenvalue weighted by Gasteiger charge is 2.28. The van der Waals surface area contributed by atoms with Crippen LogP contribution >= 0.6 is 0 Å². The molecule has 0 bridgehead atoms. The third-order valence-electron chi connectivity index (χ3n) is 10.2. The molecule has 3 amide bonds. The van der Waals surface area contributed by atoms with Crippen LogP contribution < -0.4 is 25.4 Å². The van der Waals surface area contributed by atoms with Gasteiger partial charge in [-0.3, -0.25) is 9.59 Å². The Labute approximate surface area is 362 Å². The molecule has 4 atom stereocenters. The Kier molecular flexibility index (Phi) is 17.1. The molecule has 1 heterocycles. The van der Waals surface area contributed by atoms with E-state index in [9.17, 15) is 24.3 Å². The molecule has 0 radical (unpaired) electrons. The van der Waals surface area contributed by atoms with Gasteiger partial charge in [-0.1, -0.05) is 127 Å². The second-order valence-electron chi connectivity index (χ2n) is 15.1. The van der Waals surface area contributed by atoms with Crippen molar-refractivity contribution in [2.45, 2.75) is 70.1 Å². The van der Waals surface area contributed by atoms with Crippen LogP contribution in [0.5, 0.6) is 11.5 Å². The number of ether oxygens (including phenoxy) is 4. The van der Waals surface area contributed by atoms with Crippen molar-refractivity contribution in [2.24, 2.45) is 5.92 Å². The lowest BCUT2D eigenvalue weighted by Gasteiger charge is -2.25. The summed E-state index contributed by atoms with van der Waals surface area (Å²) in [6.07, 6.45) is 3.35. The number of nitrogens with one attached hydrogen (secondary N) is 3. The Bertz CT molecular complexity index is 2180. The molecule has 5 aromatic rings. The van der Waals surface area contributed by atoms with E-state index in [2.05, 4.69) is 16.0 Å². The first-order valence-electron chi connectivity index (χ1n) is 20.8. The predicted octanol–water partition coefficient (Wildman–Crippen LogP) is 6.79. The van der Waals surface area contributed by atoms with Crippen molar-refractivity contribution < 1.29 is 43.2 Å². The number of hydrogen-bond acceptors (Lipinski definition) is 9. The molecular formula is C50H53N3O9. The number of esters is 1. The first-order chi connectivity index (χ1) is 30.3. The van der Waals surface area contributed by atoms with Gasteiger partial charge in [0.05, 0.1) is 24.6 Å². The second kappa shape index (κ2) is 23.8. The lowest BCUT2D eigenvalue weighted by Crippen LogP contribution is -2.47. The molecule has 12 heteroatoms. The Morgan fingerprint density at radius 1 is 0.677 bits per heavy atom. The van der Waals surface area contributed by atoms with Gasteiger partial charge in [0.25, 0.3) is 0 Å². The topological polar surface area (TPSA) is 162 Å². The van der Waals surface area contributed by atoms with Crippen LogP contribution in [0.3, 0.4) is 0 Å². The minimum atomic E-state index is -1.07. The van der Waals surface area contributed by atoms with E-state index in [-0.39, 0.29) is 45.0 Å². The number of alkyl carbamates (subject to hydrolysis) is 1. The molecule has 4 N–H and O–H groups in total. The van der Waals surface area contributed by atoms with Gasteiger partial charge in [-0.15, -0.1) is 0 Å². The fourth-order valence-corrected chi connectivity index (χ4v) is 6.82. The van der Waals surface area contributed by atoms with Crippen LogP contribution in [0, 0.1) is 5.92 Å². The number of allylic oxidation sites excluding steroid dienone is 1. The van der Waals surface area contributed by atoms with E-state index in [1.54, 1.807) is 12.2 Å². The van der Waals surface area contributed by atoms with Gasteiger partial charge in [0, 0.05) is 6.42 Å². The van der Waals surface area contributed by atoms with Crippen molar-refractivity contribution in [3.63, 3.8) is 0 Å². The number of hydrogen-bond donors (Lipinski definition) is 4. The summed E-state index contributed by atoms with van der Waals surface area (Å²) in [6.45, 7) is 0.362. The molecular weight excluding hydrogens is 787 g/mol. The lowest BCUT2D eigenvalue weighted by atomic mass is 9.97. The van der Waals surface area contributed by atoms with Gasteiger partial charge in [-0.05, 0) is 77.8 Å². The van der Waals surface area contributed by atoms with Crippen molar-refractivity contribution in [3.8, 4) is 11.5 Å². The summed E-state index contributed by atoms with van der Waals surface area (Å²) in [4.78, 5) is 53.6. The van der Waals surface area contributed by atoms with Gasteiger partial charge in [0.2, 0.25) is 11.8 Å². The Morgan fingerprint density at radius 3 is 1.77 bits per heavy atom. The molecule has 4 unspecified atom stereocenters. The molecule has 12 nitrogen and oxygen atoms in total. The van der Waals surface area contributed by atoms with Crippen LogP contribution in [0.25, 0.3) is 0 Å². The molecule has 0 spiro atoms. The minimum Gasteiger partial charge on any atom is -0.489 e. The number of aliphatic hydroxyl groups is 1. The van der Waals surface area contributed by atoms with Gasteiger partial charge >= 0.3 is 12.1 Å². The summed E-state index contributed by atoms with van der Waals surface area (Å²) in [6, 6.07) is 41.4. The summed E-state index contributed by atoms with van der Waals surface area (Å²) in [5.41, 5.74) is 4.62. The summed E-state index contributed by atoms with van der Waals surface area (Å²) < 4.78 is 22.9. The van der Waals surface area contributed by atoms with E-state index < -0.39 is 42.0 Å². The third-order valence-corrected chi connectivity index (χ3v) is 10.2. The zero-order valence-electron chi connectivity index (χ0n) is 34.5. The predicted molar refractivity (Wildman–Crippen MR) is 234 cm³/mol. The summed E-state index contributed by atoms with van der Waals surface area (Å²) >= 11 is 0. The molecule has 1 aliphatic heterocycles. The standard InChI is InChI=1S/C50H53N3O9/c54-31-42(28-36-20-24-44(25-21-36)59-32-38-12-4-1-5-13-38)51-47(55)30-41-18-10-11-19-46(53-50(58)62-34-40-16-8-3-9-17-40)49(57)61-35-43(52-48(41)56)29-37-22-26-45(27-23-37)60-33-39-14-6-2-7-15-39/h1-17,20-27,41-43,46,54H,18-19,28-35H2,(H,51,55)(H,52,56)(H,53,58). The molecule has 1 aliphatic rings. The SMILES string of the molecule is O=C(CC1CC=CCC(NC(=O)OCc2ccccc2)C(=O)OCC(Cc2ccc(OCc3ccccc3)cc2)NC1=O)NC(CO)Cc1ccc(OCc2ccccc2)cc1. The second-order valence-corrected chi connectivity index (χ2v) is 15.1. The molecule has 0 saturated heterocycles. The van der Waals surface area contributed by atoms with Crippen LogP contribution in [-0.4, -0.2) is 60.3 Å². The van der Waals surface area contributed by atoms with Crippen molar-refractivity contribution in [1.82, 2.24) is 16.0 Å². The Morgan fingerprint density at radius 2 is 1.21 bits per heavy atom. The fraction of sp³-hybridized carbons (Fsp3) is 0.280. The average Bonchev–Trinajstić information content (AvgIpc) is 3.30. The van der Waals surface area contributed by atoms with Crippen LogP contribution in [0.2, 0.25) is 0 Å². The largest absolute Gasteiger partial charge is 0.489 e. The number of rotatable bonds is 17. The average molecular weight is 840 g/mol. The van der Waals surface area contributed by atoms with Crippen molar-refractivity contribution >= 4 is 23.9 Å². The van der Waals surface area contributed by atoms with Crippen LogP contribution in [0.4, 0.5) is 4.79 Å². The van der Waals surface area contributed by atoms with Crippen LogP contribution in [-0.2, 0) is 56.5 Å². The zero-order valence-corrected chi connectivity index (χ0v) is 34.5. The number of aliphatic hydroxyl groups excluding tert-OH is 1. The molecule has 0 aliphatic carbocycles. The van der Waals surface area contributed by atoms with Crippen LogP contribution in [0.1, 0.15) is 47.1 Å². The fourth-order valence-electron chi connectivity index (χ4n) is 6.82. The van der Waals surface area contributed by atoms with E-state index in [1.807, 2.05) is 140 Å².